The first-order chi connectivity index (χ1) is 20.8. The summed E-state index contributed by atoms with van der Waals surface area (Å²) in [6, 6.07) is 0. The first-order valence-corrected chi connectivity index (χ1v) is 17.4. The molecule has 5 rings (SSSR count). The van der Waals surface area contributed by atoms with Crippen molar-refractivity contribution in [3.8, 4) is 0 Å². The van der Waals surface area contributed by atoms with E-state index in [1.807, 2.05) is 6.92 Å². The summed E-state index contributed by atoms with van der Waals surface area (Å²) in [7, 11) is 0. The minimum atomic E-state index is -1.54. The van der Waals surface area contributed by atoms with E-state index in [0.29, 0.717) is 25.7 Å². The molecule has 0 bridgehead atoms. The lowest BCUT2D eigenvalue weighted by atomic mass is 9.34. The second-order valence-corrected chi connectivity index (χ2v) is 17.5. The molecule has 9 heteroatoms. The molecule has 7 N–H and O–H groups in total. The van der Waals surface area contributed by atoms with E-state index in [4.69, 9.17) is 9.47 Å². The lowest BCUT2D eigenvalue weighted by Crippen LogP contribution is -2.71. The smallest absolute Gasteiger partial charge is 0.186 e. The van der Waals surface area contributed by atoms with Gasteiger partial charge in [0.15, 0.2) is 6.29 Å². The van der Waals surface area contributed by atoms with Gasteiger partial charge >= 0.3 is 0 Å². The summed E-state index contributed by atoms with van der Waals surface area (Å²) in [5.74, 6) is -0.186. The Hall–Kier alpha value is -0.620. The molecule has 5 aliphatic rings. The highest BCUT2D eigenvalue weighted by molar-refractivity contribution is 5.22. The van der Waals surface area contributed by atoms with Gasteiger partial charge in [0.1, 0.15) is 24.4 Å². The molecule has 260 valence electrons. The van der Waals surface area contributed by atoms with Crippen molar-refractivity contribution in [3.63, 3.8) is 0 Å². The molecule has 0 amide bonds. The van der Waals surface area contributed by atoms with Crippen LogP contribution in [0, 0.1) is 45.3 Å². The lowest BCUT2D eigenvalue weighted by molar-refractivity contribution is -0.346. The van der Waals surface area contributed by atoms with Gasteiger partial charge in [-0.2, -0.15) is 0 Å². The van der Waals surface area contributed by atoms with Gasteiger partial charge in [0.05, 0.1) is 30.5 Å². The molecule has 5 fully saturated rings. The first-order valence-electron chi connectivity index (χ1n) is 17.4. The number of aliphatic hydroxyl groups is 7. The van der Waals surface area contributed by atoms with Crippen LogP contribution in [0.3, 0.4) is 0 Å². The summed E-state index contributed by atoms with van der Waals surface area (Å²) in [5, 5.41) is 77.2. The summed E-state index contributed by atoms with van der Waals surface area (Å²) < 4.78 is 12.6. The quantitative estimate of drug-likeness (QED) is 0.164. The predicted octanol–water partition coefficient (Wildman–Crippen LogP) is 3.30. The van der Waals surface area contributed by atoms with E-state index in [0.717, 1.165) is 25.7 Å². The highest BCUT2D eigenvalue weighted by Crippen LogP contribution is 2.76. The SMILES string of the molecule is CC(C)=CCC[C@@](C)(O)[C@H]1CC[C@]2(C)[C@@H]1[C@H](O)C[C@@H]1[C@]3(C)CC[C@@H](O)C(C)(C)[C@H]3[C@@H](O[C@@H]3O[C@H](CO)[C@@H](O)[C@H](O)[C@H]3O)C[C@]12C. The summed E-state index contributed by atoms with van der Waals surface area (Å²) in [5.41, 5.74) is -1.21. The molecule has 0 aromatic carbocycles. The maximum atomic E-state index is 12.1. The fourth-order valence-electron chi connectivity index (χ4n) is 11.9. The molecule has 0 radical (unpaired) electrons. The molecule has 0 unspecified atom stereocenters. The van der Waals surface area contributed by atoms with Gasteiger partial charge in [-0.3, -0.25) is 0 Å². The van der Waals surface area contributed by atoms with Crippen LogP contribution in [0.15, 0.2) is 11.6 Å². The fourth-order valence-corrected chi connectivity index (χ4v) is 11.9. The largest absolute Gasteiger partial charge is 0.394 e. The molecule has 1 heterocycles. The zero-order valence-electron chi connectivity index (χ0n) is 28.8. The number of allylic oxidation sites excluding steroid dienone is 2. The Kier molecular flexibility index (Phi) is 9.56. The normalized spacial score (nSPS) is 52.2. The van der Waals surface area contributed by atoms with Crippen molar-refractivity contribution in [1.29, 1.82) is 0 Å². The van der Waals surface area contributed by atoms with Crippen molar-refractivity contribution < 1.29 is 45.2 Å². The number of fused-ring (bicyclic) bond motifs is 5. The molecule has 0 aromatic rings. The third-order valence-electron chi connectivity index (χ3n) is 14.4. The molecule has 1 aliphatic heterocycles. The predicted molar refractivity (Wildman–Crippen MR) is 170 cm³/mol. The van der Waals surface area contributed by atoms with Gasteiger partial charge in [-0.15, -0.1) is 0 Å². The van der Waals surface area contributed by atoms with Crippen molar-refractivity contribution in [3.05, 3.63) is 11.6 Å². The zero-order chi connectivity index (χ0) is 33.5. The van der Waals surface area contributed by atoms with Crippen molar-refractivity contribution in [1.82, 2.24) is 0 Å². The van der Waals surface area contributed by atoms with Crippen LogP contribution in [0.4, 0.5) is 0 Å². The molecular weight excluding hydrogens is 576 g/mol. The number of aliphatic hydroxyl groups excluding tert-OH is 6. The Morgan fingerprint density at radius 3 is 2.22 bits per heavy atom. The van der Waals surface area contributed by atoms with Crippen LogP contribution in [0.25, 0.3) is 0 Å². The number of hydrogen-bond acceptors (Lipinski definition) is 9. The molecule has 9 nitrogen and oxygen atoms in total. The van der Waals surface area contributed by atoms with Gasteiger partial charge in [0.25, 0.3) is 0 Å². The topological polar surface area (TPSA) is 160 Å². The van der Waals surface area contributed by atoms with E-state index >= 15 is 0 Å². The van der Waals surface area contributed by atoms with Crippen LogP contribution in [0.1, 0.15) is 107 Å². The Labute approximate surface area is 270 Å². The molecule has 4 aliphatic carbocycles. The van der Waals surface area contributed by atoms with Crippen molar-refractivity contribution >= 4 is 0 Å². The standard InChI is InChI=1S/C36H62O9/c1-19(2)10-9-13-36(8,43)20-11-15-34(6)26(20)21(38)16-24-33(5)14-12-25(39)32(3,4)30(33)22(17-35(24,34)7)44-31-29(42)28(41)27(40)23(18-37)45-31/h10,20-31,37-43H,9,11-18H2,1-8H3/t20-,21+,22-,23+,24+,25+,26-,27+,28-,29+,30+,31+,33-,34+,35+,36+/m0/s1. The lowest BCUT2D eigenvalue weighted by Gasteiger charge is -2.72. The molecule has 4 saturated carbocycles. The van der Waals surface area contributed by atoms with Gasteiger partial charge in [-0.25, -0.2) is 0 Å². The van der Waals surface area contributed by atoms with Gasteiger partial charge < -0.3 is 45.2 Å². The molecule has 0 aromatic heterocycles. The third-order valence-corrected chi connectivity index (χ3v) is 14.4. The zero-order valence-corrected chi connectivity index (χ0v) is 28.8. The summed E-state index contributed by atoms with van der Waals surface area (Å²) >= 11 is 0. The van der Waals surface area contributed by atoms with Gasteiger partial charge in [-0.1, -0.05) is 46.3 Å². The average molecular weight is 639 g/mol. The minimum absolute atomic E-state index is 0.0548. The van der Waals surface area contributed by atoms with Crippen LogP contribution in [-0.2, 0) is 9.47 Å². The highest BCUT2D eigenvalue weighted by atomic mass is 16.7. The van der Waals surface area contributed by atoms with Crippen LogP contribution in [-0.4, -0.2) is 97.0 Å². The third kappa shape index (κ3) is 5.48. The van der Waals surface area contributed by atoms with Crippen molar-refractivity contribution in [2.75, 3.05) is 6.61 Å². The van der Waals surface area contributed by atoms with E-state index in [2.05, 4.69) is 54.5 Å². The monoisotopic (exact) mass is 638 g/mol. The second kappa shape index (κ2) is 12.1. The van der Waals surface area contributed by atoms with E-state index in [-0.39, 0.29) is 39.9 Å². The van der Waals surface area contributed by atoms with Crippen LogP contribution < -0.4 is 0 Å². The molecule has 0 spiro atoms. The Morgan fingerprint density at radius 2 is 1.60 bits per heavy atom. The number of rotatable bonds is 7. The molecular formula is C36H62O9. The molecule has 1 saturated heterocycles. The van der Waals surface area contributed by atoms with E-state index in [1.54, 1.807) is 0 Å². The Bertz CT molecular complexity index is 1100. The van der Waals surface area contributed by atoms with Crippen LogP contribution in [0.2, 0.25) is 0 Å². The van der Waals surface area contributed by atoms with Gasteiger partial charge in [0.2, 0.25) is 0 Å². The first kappa shape index (κ1) is 35.7. The maximum Gasteiger partial charge on any atom is 0.186 e. The van der Waals surface area contributed by atoms with E-state index in [1.165, 1.54) is 5.57 Å². The summed E-state index contributed by atoms with van der Waals surface area (Å²) in [6.07, 6.45) is -0.603. The number of hydrogen-bond donors (Lipinski definition) is 7. The van der Waals surface area contributed by atoms with Crippen LogP contribution in [0.5, 0.6) is 0 Å². The average Bonchev–Trinajstić information content (AvgIpc) is 3.33. The second-order valence-electron chi connectivity index (χ2n) is 17.5. The number of ether oxygens (including phenoxy) is 2. The Morgan fingerprint density at radius 1 is 0.933 bits per heavy atom. The Balaban J connectivity index is 1.54. The summed E-state index contributed by atoms with van der Waals surface area (Å²) in [4.78, 5) is 0. The highest BCUT2D eigenvalue weighted by Gasteiger charge is 2.73. The van der Waals surface area contributed by atoms with Gasteiger partial charge in [0, 0.05) is 0 Å². The summed E-state index contributed by atoms with van der Waals surface area (Å²) in [6.45, 7) is 16.6. The minimum Gasteiger partial charge on any atom is -0.394 e. The van der Waals surface area contributed by atoms with E-state index < -0.39 is 66.6 Å². The van der Waals surface area contributed by atoms with Crippen molar-refractivity contribution in [2.45, 2.75) is 161 Å². The maximum absolute atomic E-state index is 12.1. The molecule has 45 heavy (non-hydrogen) atoms. The van der Waals surface area contributed by atoms with Crippen molar-refractivity contribution in [2.24, 2.45) is 45.3 Å². The fraction of sp³-hybridized carbons (Fsp3) is 0.944. The van der Waals surface area contributed by atoms with Crippen LogP contribution >= 0.6 is 0 Å². The van der Waals surface area contributed by atoms with E-state index in [9.17, 15) is 35.7 Å². The van der Waals surface area contributed by atoms with Gasteiger partial charge in [-0.05, 0) is 117 Å². The molecule has 16 atom stereocenters.